The van der Waals surface area contributed by atoms with E-state index in [0.717, 1.165) is 5.56 Å². The highest BCUT2D eigenvalue weighted by atomic mass is 16.5. The zero-order valence-electron chi connectivity index (χ0n) is 7.93. The number of esters is 1. The first-order valence-corrected chi connectivity index (χ1v) is 4.24. The van der Waals surface area contributed by atoms with Crippen molar-refractivity contribution in [2.24, 2.45) is 5.73 Å². The summed E-state index contributed by atoms with van der Waals surface area (Å²) in [6.45, 7) is 0.439. The molecule has 3 N–H and O–H groups in total. The van der Waals surface area contributed by atoms with Crippen molar-refractivity contribution in [1.29, 1.82) is 0 Å². The van der Waals surface area contributed by atoms with E-state index >= 15 is 0 Å². The summed E-state index contributed by atoms with van der Waals surface area (Å²) in [5.41, 5.74) is 6.87. The molecular weight excluding hydrogens is 182 g/mol. The molecule has 76 valence electrons. The van der Waals surface area contributed by atoms with Gasteiger partial charge in [-0.05, 0) is 11.1 Å². The minimum Gasteiger partial charge on any atom is -0.467 e. The van der Waals surface area contributed by atoms with Crippen molar-refractivity contribution in [3.63, 3.8) is 0 Å². The van der Waals surface area contributed by atoms with Crippen molar-refractivity contribution >= 4 is 5.97 Å². The van der Waals surface area contributed by atoms with E-state index in [-0.39, 0.29) is 0 Å². The number of nitrogens with two attached hydrogens (primary N) is 1. The van der Waals surface area contributed by atoms with Gasteiger partial charge in [-0.1, -0.05) is 24.3 Å². The lowest BCUT2D eigenvalue weighted by Crippen LogP contribution is -2.13. The lowest BCUT2D eigenvalue weighted by Gasteiger charge is -2.08. The van der Waals surface area contributed by atoms with E-state index in [9.17, 15) is 9.90 Å². The number of benzene rings is 1. The van der Waals surface area contributed by atoms with Gasteiger partial charge >= 0.3 is 5.97 Å². The van der Waals surface area contributed by atoms with Crippen LogP contribution in [0.15, 0.2) is 24.3 Å². The molecule has 0 bridgehead atoms. The first-order chi connectivity index (χ1) is 6.69. The summed E-state index contributed by atoms with van der Waals surface area (Å²) in [5, 5.41) is 9.45. The molecule has 1 unspecified atom stereocenters. The van der Waals surface area contributed by atoms with Crippen LogP contribution in [0.3, 0.4) is 0 Å². The van der Waals surface area contributed by atoms with Crippen LogP contribution < -0.4 is 5.73 Å². The average Bonchev–Trinajstić information content (AvgIpc) is 2.27. The summed E-state index contributed by atoms with van der Waals surface area (Å²) in [6.07, 6.45) is -1.22. The van der Waals surface area contributed by atoms with E-state index in [0.29, 0.717) is 12.1 Å². The lowest BCUT2D eigenvalue weighted by molar-refractivity contribution is -0.150. The molecule has 0 saturated heterocycles. The molecule has 0 amide bonds. The summed E-state index contributed by atoms with van der Waals surface area (Å²) >= 11 is 0. The SMILES string of the molecule is COC(=O)C(O)c1ccc(CN)cc1. The first kappa shape index (κ1) is 10.7. The minimum absolute atomic E-state index is 0.439. The van der Waals surface area contributed by atoms with E-state index in [1.165, 1.54) is 7.11 Å². The van der Waals surface area contributed by atoms with Crippen LogP contribution in [0.2, 0.25) is 0 Å². The number of ether oxygens (including phenoxy) is 1. The highest BCUT2D eigenvalue weighted by molar-refractivity contribution is 5.76. The largest absolute Gasteiger partial charge is 0.467 e. The zero-order chi connectivity index (χ0) is 10.6. The quantitative estimate of drug-likeness (QED) is 0.683. The number of methoxy groups -OCH3 is 1. The Labute approximate surface area is 82.3 Å². The molecule has 1 aromatic rings. The fraction of sp³-hybridized carbons (Fsp3) is 0.300. The van der Waals surface area contributed by atoms with Gasteiger partial charge in [0, 0.05) is 6.54 Å². The van der Waals surface area contributed by atoms with E-state index in [1.807, 2.05) is 0 Å². The molecule has 0 aromatic heterocycles. The summed E-state index contributed by atoms with van der Waals surface area (Å²) in [7, 11) is 1.24. The Morgan fingerprint density at radius 2 is 2.07 bits per heavy atom. The summed E-state index contributed by atoms with van der Waals surface area (Å²) < 4.78 is 4.41. The molecule has 1 rings (SSSR count). The Kier molecular flexibility index (Phi) is 3.62. The van der Waals surface area contributed by atoms with Gasteiger partial charge in [-0.25, -0.2) is 4.79 Å². The predicted octanol–water partition coefficient (Wildman–Crippen LogP) is 0.352. The molecule has 14 heavy (non-hydrogen) atoms. The molecule has 0 fully saturated rings. The number of aliphatic hydroxyl groups is 1. The average molecular weight is 195 g/mol. The number of rotatable bonds is 3. The zero-order valence-corrected chi connectivity index (χ0v) is 7.93. The van der Waals surface area contributed by atoms with E-state index in [4.69, 9.17) is 5.73 Å². The molecule has 1 atom stereocenters. The van der Waals surface area contributed by atoms with E-state index < -0.39 is 12.1 Å². The van der Waals surface area contributed by atoms with Crippen molar-refractivity contribution in [3.05, 3.63) is 35.4 Å². The third-order valence-corrected chi connectivity index (χ3v) is 1.96. The minimum atomic E-state index is -1.22. The molecule has 0 aliphatic rings. The van der Waals surface area contributed by atoms with Crippen LogP contribution in [-0.4, -0.2) is 18.2 Å². The Hall–Kier alpha value is -1.39. The van der Waals surface area contributed by atoms with Crippen LogP contribution >= 0.6 is 0 Å². The Morgan fingerprint density at radius 1 is 1.50 bits per heavy atom. The van der Waals surface area contributed by atoms with E-state index in [1.54, 1.807) is 24.3 Å². The van der Waals surface area contributed by atoms with Gasteiger partial charge in [0.1, 0.15) is 0 Å². The van der Waals surface area contributed by atoms with Gasteiger partial charge in [0.2, 0.25) is 0 Å². The highest BCUT2D eigenvalue weighted by Crippen LogP contribution is 2.14. The topological polar surface area (TPSA) is 72.5 Å². The normalized spacial score (nSPS) is 12.2. The lowest BCUT2D eigenvalue weighted by atomic mass is 10.1. The number of hydrogen-bond acceptors (Lipinski definition) is 4. The van der Waals surface area contributed by atoms with Gasteiger partial charge in [-0.15, -0.1) is 0 Å². The molecule has 0 heterocycles. The number of hydrogen-bond donors (Lipinski definition) is 2. The number of carbonyl (C=O) groups excluding carboxylic acids is 1. The van der Waals surface area contributed by atoms with Crippen molar-refractivity contribution in [1.82, 2.24) is 0 Å². The van der Waals surface area contributed by atoms with Crippen molar-refractivity contribution in [2.75, 3.05) is 7.11 Å². The number of aliphatic hydroxyl groups excluding tert-OH is 1. The second kappa shape index (κ2) is 4.74. The van der Waals surface area contributed by atoms with Crippen LogP contribution in [0.4, 0.5) is 0 Å². The first-order valence-electron chi connectivity index (χ1n) is 4.24. The Balaban J connectivity index is 2.81. The third kappa shape index (κ3) is 2.31. The van der Waals surface area contributed by atoms with Crippen molar-refractivity contribution in [3.8, 4) is 0 Å². The molecule has 0 radical (unpaired) electrons. The molecule has 0 aliphatic carbocycles. The second-order valence-electron chi connectivity index (χ2n) is 2.87. The second-order valence-corrected chi connectivity index (χ2v) is 2.87. The standard InChI is InChI=1S/C10H13NO3/c1-14-10(13)9(12)8-4-2-7(6-11)3-5-8/h2-5,9,12H,6,11H2,1H3. The molecule has 4 nitrogen and oxygen atoms in total. The molecule has 0 aliphatic heterocycles. The van der Waals surface area contributed by atoms with Gasteiger partial charge in [0.15, 0.2) is 6.10 Å². The fourth-order valence-electron chi connectivity index (χ4n) is 1.08. The molecule has 4 heteroatoms. The van der Waals surface area contributed by atoms with Crippen molar-refractivity contribution in [2.45, 2.75) is 12.6 Å². The van der Waals surface area contributed by atoms with Gasteiger partial charge < -0.3 is 15.6 Å². The Bertz CT molecular complexity index is 308. The predicted molar refractivity (Wildman–Crippen MR) is 51.3 cm³/mol. The molecule has 1 aromatic carbocycles. The fourth-order valence-corrected chi connectivity index (χ4v) is 1.08. The summed E-state index contributed by atoms with van der Waals surface area (Å²) in [6, 6.07) is 6.84. The number of carbonyl (C=O) groups is 1. The smallest absolute Gasteiger partial charge is 0.339 e. The van der Waals surface area contributed by atoms with Gasteiger partial charge in [0.25, 0.3) is 0 Å². The van der Waals surface area contributed by atoms with Crippen LogP contribution in [-0.2, 0) is 16.1 Å². The van der Waals surface area contributed by atoms with E-state index in [2.05, 4.69) is 4.74 Å². The van der Waals surface area contributed by atoms with Gasteiger partial charge in [-0.3, -0.25) is 0 Å². The van der Waals surface area contributed by atoms with Crippen LogP contribution in [0, 0.1) is 0 Å². The monoisotopic (exact) mass is 195 g/mol. The van der Waals surface area contributed by atoms with Crippen LogP contribution in [0.1, 0.15) is 17.2 Å². The molecule has 0 spiro atoms. The third-order valence-electron chi connectivity index (χ3n) is 1.96. The maximum absolute atomic E-state index is 11.0. The molecule has 0 saturated carbocycles. The van der Waals surface area contributed by atoms with Gasteiger partial charge in [0.05, 0.1) is 7.11 Å². The maximum atomic E-state index is 11.0. The maximum Gasteiger partial charge on any atom is 0.339 e. The van der Waals surface area contributed by atoms with Crippen LogP contribution in [0.25, 0.3) is 0 Å². The van der Waals surface area contributed by atoms with Crippen molar-refractivity contribution < 1.29 is 14.6 Å². The van der Waals surface area contributed by atoms with Crippen LogP contribution in [0.5, 0.6) is 0 Å². The molecular formula is C10H13NO3. The van der Waals surface area contributed by atoms with Gasteiger partial charge in [-0.2, -0.15) is 0 Å². The highest BCUT2D eigenvalue weighted by Gasteiger charge is 2.16. The summed E-state index contributed by atoms with van der Waals surface area (Å²) in [4.78, 5) is 11.0. The summed E-state index contributed by atoms with van der Waals surface area (Å²) in [5.74, 6) is -0.662. The Morgan fingerprint density at radius 3 is 2.50 bits per heavy atom.